The van der Waals surface area contributed by atoms with Crippen molar-refractivity contribution in [1.82, 2.24) is 20.2 Å². The van der Waals surface area contributed by atoms with E-state index in [0.29, 0.717) is 12.3 Å². The van der Waals surface area contributed by atoms with Crippen molar-refractivity contribution in [2.45, 2.75) is 38.5 Å². The molecule has 1 aromatic heterocycles. The van der Waals surface area contributed by atoms with Crippen molar-refractivity contribution in [3.05, 3.63) is 5.82 Å². The van der Waals surface area contributed by atoms with Gasteiger partial charge in [0.25, 0.3) is 0 Å². The predicted octanol–water partition coefficient (Wildman–Crippen LogP) is 1.36. The predicted molar refractivity (Wildman–Crippen MR) is 54.3 cm³/mol. The Morgan fingerprint density at radius 1 is 1.40 bits per heavy atom. The van der Waals surface area contributed by atoms with Gasteiger partial charge in [-0.2, -0.15) is 4.80 Å². The number of carbonyl (C=O) groups excluding carboxylic acids is 1. The molecule has 1 heterocycles. The van der Waals surface area contributed by atoms with Crippen LogP contribution in [0.15, 0.2) is 0 Å². The summed E-state index contributed by atoms with van der Waals surface area (Å²) >= 11 is 0. The molecular weight excluding hydrogens is 192 g/mol. The summed E-state index contributed by atoms with van der Waals surface area (Å²) in [5, 5.41) is 11.3. The van der Waals surface area contributed by atoms with E-state index in [1.54, 1.807) is 7.05 Å². The molecule has 1 saturated carbocycles. The number of hydrogen-bond donors (Lipinski definition) is 0. The topological polar surface area (TPSA) is 60.7 Å². The lowest BCUT2D eigenvalue weighted by Crippen LogP contribution is -2.13. The van der Waals surface area contributed by atoms with Gasteiger partial charge in [-0.1, -0.05) is 32.1 Å². The van der Waals surface area contributed by atoms with Crippen molar-refractivity contribution in [1.29, 1.82) is 0 Å². The highest BCUT2D eigenvalue weighted by Gasteiger charge is 2.20. The monoisotopic (exact) mass is 208 g/mol. The van der Waals surface area contributed by atoms with Gasteiger partial charge >= 0.3 is 0 Å². The van der Waals surface area contributed by atoms with Gasteiger partial charge < -0.3 is 0 Å². The van der Waals surface area contributed by atoms with Crippen LogP contribution in [0.25, 0.3) is 0 Å². The molecule has 0 bridgehead atoms. The molecule has 0 unspecified atom stereocenters. The van der Waals surface area contributed by atoms with Gasteiger partial charge in [0.05, 0.1) is 7.05 Å². The molecule has 5 nitrogen and oxygen atoms in total. The summed E-state index contributed by atoms with van der Waals surface area (Å²) in [6.07, 6.45) is 6.76. The summed E-state index contributed by atoms with van der Waals surface area (Å²) in [6, 6.07) is 0. The van der Waals surface area contributed by atoms with Crippen molar-refractivity contribution in [2.75, 3.05) is 0 Å². The molecule has 1 aliphatic rings. The van der Waals surface area contributed by atoms with Crippen molar-refractivity contribution in [3.8, 4) is 0 Å². The molecule has 2 rings (SSSR count). The summed E-state index contributed by atoms with van der Waals surface area (Å²) in [4.78, 5) is 13.1. The van der Waals surface area contributed by atoms with E-state index in [4.69, 9.17) is 0 Å². The van der Waals surface area contributed by atoms with E-state index in [1.165, 1.54) is 36.9 Å². The maximum Gasteiger partial charge on any atom is 0.240 e. The van der Waals surface area contributed by atoms with Crippen LogP contribution >= 0.6 is 0 Å². The summed E-state index contributed by atoms with van der Waals surface area (Å²) in [5.74, 6) is 0.841. The Morgan fingerprint density at radius 2 is 2.13 bits per heavy atom. The molecule has 1 aliphatic carbocycles. The molecule has 0 spiro atoms. The van der Waals surface area contributed by atoms with Gasteiger partial charge in [0.15, 0.2) is 0 Å². The molecule has 1 fully saturated rings. The smallest absolute Gasteiger partial charge is 0.240 e. The standard InChI is InChI=1S/C10H16N4O/c1-14-12-10(11-13-14)9(15)7-8-5-3-2-4-6-8/h8H,2-7H2,1H3. The number of tetrazole rings is 1. The minimum atomic E-state index is 0.0370. The van der Waals surface area contributed by atoms with Crippen LogP contribution in [0.2, 0.25) is 0 Å². The van der Waals surface area contributed by atoms with Crippen molar-refractivity contribution >= 4 is 5.78 Å². The molecule has 5 heteroatoms. The van der Waals surface area contributed by atoms with Crippen LogP contribution in [0.3, 0.4) is 0 Å². The number of Topliss-reactive ketones (excluding diaryl/α,β-unsaturated/α-hetero) is 1. The van der Waals surface area contributed by atoms with Gasteiger partial charge in [-0.05, 0) is 11.1 Å². The molecule has 0 atom stereocenters. The molecular formula is C10H16N4O. The molecule has 82 valence electrons. The Bertz CT molecular complexity index is 341. The van der Waals surface area contributed by atoms with Crippen molar-refractivity contribution in [3.63, 3.8) is 0 Å². The molecule has 0 radical (unpaired) electrons. The number of hydrogen-bond acceptors (Lipinski definition) is 4. The summed E-state index contributed by atoms with van der Waals surface area (Å²) in [7, 11) is 1.67. The third-order valence-corrected chi connectivity index (χ3v) is 2.96. The highest BCUT2D eigenvalue weighted by molar-refractivity contribution is 5.92. The first kappa shape index (κ1) is 10.3. The van der Waals surface area contributed by atoms with E-state index in [9.17, 15) is 4.79 Å². The molecule has 0 saturated heterocycles. The maximum atomic E-state index is 11.7. The quantitative estimate of drug-likeness (QED) is 0.704. The number of nitrogens with zero attached hydrogens (tertiary/aromatic N) is 4. The van der Waals surface area contributed by atoms with Gasteiger partial charge in [-0.25, -0.2) is 0 Å². The fourth-order valence-electron chi connectivity index (χ4n) is 2.14. The Kier molecular flexibility index (Phi) is 3.08. The van der Waals surface area contributed by atoms with Crippen LogP contribution < -0.4 is 0 Å². The number of aryl methyl sites for hydroxylation is 1. The zero-order valence-corrected chi connectivity index (χ0v) is 9.02. The Labute approximate surface area is 88.9 Å². The third kappa shape index (κ3) is 2.61. The van der Waals surface area contributed by atoms with Crippen LogP contribution in [-0.4, -0.2) is 26.0 Å². The Morgan fingerprint density at radius 3 is 2.73 bits per heavy atom. The highest BCUT2D eigenvalue weighted by Crippen LogP contribution is 2.26. The van der Waals surface area contributed by atoms with Crippen molar-refractivity contribution < 1.29 is 4.79 Å². The molecule has 0 aromatic carbocycles. The fraction of sp³-hybridized carbons (Fsp3) is 0.800. The Balaban J connectivity index is 1.91. The minimum absolute atomic E-state index is 0.0370. The lowest BCUT2D eigenvalue weighted by Gasteiger charge is -2.19. The van der Waals surface area contributed by atoms with Gasteiger partial charge in [0.2, 0.25) is 11.6 Å². The van der Waals surface area contributed by atoms with E-state index in [1.807, 2.05) is 0 Å². The molecule has 1 aromatic rings. The second-order valence-electron chi connectivity index (χ2n) is 4.23. The normalized spacial score (nSPS) is 17.9. The second-order valence-corrected chi connectivity index (χ2v) is 4.23. The molecule has 0 aliphatic heterocycles. The molecule has 0 amide bonds. The maximum absolute atomic E-state index is 11.7. The average Bonchev–Trinajstić information content (AvgIpc) is 2.66. The van der Waals surface area contributed by atoms with E-state index < -0.39 is 0 Å². The highest BCUT2D eigenvalue weighted by atomic mass is 16.1. The van der Waals surface area contributed by atoms with Crippen LogP contribution in [0.4, 0.5) is 0 Å². The average molecular weight is 208 g/mol. The SMILES string of the molecule is Cn1nnc(C(=O)CC2CCCCC2)n1. The lowest BCUT2D eigenvalue weighted by atomic mass is 9.86. The van der Waals surface area contributed by atoms with Crippen LogP contribution in [0.1, 0.15) is 49.1 Å². The molecule has 15 heavy (non-hydrogen) atoms. The fourth-order valence-corrected chi connectivity index (χ4v) is 2.14. The first-order valence-corrected chi connectivity index (χ1v) is 5.53. The zero-order chi connectivity index (χ0) is 10.7. The van der Waals surface area contributed by atoms with E-state index in [2.05, 4.69) is 15.4 Å². The van der Waals surface area contributed by atoms with Gasteiger partial charge in [0, 0.05) is 6.42 Å². The number of rotatable bonds is 3. The number of aromatic nitrogens is 4. The number of carbonyl (C=O) groups is 1. The third-order valence-electron chi connectivity index (χ3n) is 2.96. The van der Waals surface area contributed by atoms with Gasteiger partial charge in [-0.15, -0.1) is 10.2 Å². The lowest BCUT2D eigenvalue weighted by molar-refractivity contribution is 0.0939. The van der Waals surface area contributed by atoms with Crippen LogP contribution in [-0.2, 0) is 7.05 Å². The van der Waals surface area contributed by atoms with Gasteiger partial charge in [0.1, 0.15) is 0 Å². The number of ketones is 1. The van der Waals surface area contributed by atoms with Crippen LogP contribution in [0, 0.1) is 5.92 Å². The summed E-state index contributed by atoms with van der Waals surface area (Å²) < 4.78 is 0. The van der Waals surface area contributed by atoms with E-state index in [-0.39, 0.29) is 11.6 Å². The van der Waals surface area contributed by atoms with Crippen molar-refractivity contribution in [2.24, 2.45) is 13.0 Å². The second kappa shape index (κ2) is 4.51. The largest absolute Gasteiger partial charge is 0.290 e. The van der Waals surface area contributed by atoms with Crippen LogP contribution in [0.5, 0.6) is 0 Å². The first-order chi connectivity index (χ1) is 7.25. The van der Waals surface area contributed by atoms with E-state index >= 15 is 0 Å². The Hall–Kier alpha value is -1.26. The van der Waals surface area contributed by atoms with E-state index in [0.717, 1.165) is 0 Å². The minimum Gasteiger partial charge on any atom is -0.290 e. The van der Waals surface area contributed by atoms with Gasteiger partial charge in [-0.3, -0.25) is 4.79 Å². The molecule has 0 N–H and O–H groups in total. The zero-order valence-electron chi connectivity index (χ0n) is 9.02. The summed E-state index contributed by atoms with van der Waals surface area (Å²) in [5.41, 5.74) is 0. The summed E-state index contributed by atoms with van der Waals surface area (Å²) in [6.45, 7) is 0. The first-order valence-electron chi connectivity index (χ1n) is 5.53.